The molecule has 28 heavy (non-hydrogen) atoms. The Labute approximate surface area is 170 Å². The van der Waals surface area contributed by atoms with Crippen LogP contribution >= 0.6 is 0 Å². The summed E-state index contributed by atoms with van der Waals surface area (Å²) < 4.78 is 11.1. The highest BCUT2D eigenvalue weighted by atomic mass is 16.6. The monoisotopic (exact) mass is 388 g/mol. The van der Waals surface area contributed by atoms with Crippen molar-refractivity contribution < 1.29 is 14.3 Å². The van der Waals surface area contributed by atoms with E-state index in [2.05, 4.69) is 29.7 Å². The molecule has 156 valence electrons. The first kappa shape index (κ1) is 22.3. The third-order valence-electron chi connectivity index (χ3n) is 5.37. The third kappa shape index (κ3) is 5.99. The van der Waals surface area contributed by atoms with Crippen molar-refractivity contribution in [3.8, 4) is 0 Å². The summed E-state index contributed by atoms with van der Waals surface area (Å²) in [6.07, 6.45) is 3.98. The van der Waals surface area contributed by atoms with Crippen LogP contribution in [0.3, 0.4) is 0 Å². The zero-order valence-corrected chi connectivity index (χ0v) is 17.8. The Morgan fingerprint density at radius 1 is 1.18 bits per heavy atom. The second-order valence-corrected chi connectivity index (χ2v) is 6.99. The Bertz CT molecular complexity index is 624. The van der Waals surface area contributed by atoms with E-state index in [9.17, 15) is 4.79 Å². The minimum Gasteiger partial charge on any atom is -0.492 e. The van der Waals surface area contributed by atoms with Gasteiger partial charge >= 0.3 is 6.09 Å². The first-order valence-electron chi connectivity index (χ1n) is 10.7. The topological polar surface area (TPSA) is 42.0 Å². The van der Waals surface area contributed by atoms with E-state index in [0.29, 0.717) is 19.3 Å². The molecule has 0 unspecified atom stereocenters. The van der Waals surface area contributed by atoms with E-state index in [4.69, 9.17) is 9.47 Å². The quantitative estimate of drug-likeness (QED) is 0.744. The normalized spacial score (nSPS) is 19.0. The van der Waals surface area contributed by atoms with Gasteiger partial charge in [-0.1, -0.05) is 44.7 Å². The number of fused-ring (bicyclic) bond motifs is 1. The Morgan fingerprint density at radius 2 is 1.89 bits per heavy atom. The highest BCUT2D eigenvalue weighted by molar-refractivity contribution is 5.67. The summed E-state index contributed by atoms with van der Waals surface area (Å²) in [6.45, 7) is 14.6. The van der Waals surface area contributed by atoms with Gasteiger partial charge in [-0.15, -0.1) is 0 Å². The van der Waals surface area contributed by atoms with Crippen LogP contribution in [0.5, 0.6) is 0 Å². The molecule has 1 aromatic rings. The maximum atomic E-state index is 11.9. The molecule has 2 aliphatic rings. The number of amides is 1. The van der Waals surface area contributed by atoms with E-state index in [1.54, 1.807) is 0 Å². The van der Waals surface area contributed by atoms with Gasteiger partial charge in [0.15, 0.2) is 0 Å². The number of carbonyl (C=O) groups is 1. The summed E-state index contributed by atoms with van der Waals surface area (Å²) in [5.41, 5.74) is 2.46. The van der Waals surface area contributed by atoms with E-state index in [1.807, 2.05) is 31.7 Å². The van der Waals surface area contributed by atoms with Crippen LogP contribution in [-0.4, -0.2) is 61.3 Å². The zero-order chi connectivity index (χ0) is 20.4. The minimum absolute atomic E-state index is 0.178. The number of likely N-dealkylation sites (tertiary alicyclic amines) is 1. The van der Waals surface area contributed by atoms with Crippen LogP contribution in [-0.2, 0) is 15.9 Å². The molecule has 0 N–H and O–H groups in total. The van der Waals surface area contributed by atoms with E-state index < -0.39 is 0 Å². The van der Waals surface area contributed by atoms with E-state index in [0.717, 1.165) is 63.2 Å². The van der Waals surface area contributed by atoms with E-state index in [1.165, 1.54) is 5.56 Å². The minimum atomic E-state index is -0.178. The van der Waals surface area contributed by atoms with Gasteiger partial charge in [0.1, 0.15) is 12.4 Å². The molecule has 3 rings (SSSR count). The zero-order valence-electron chi connectivity index (χ0n) is 17.8. The van der Waals surface area contributed by atoms with Crippen molar-refractivity contribution in [3.05, 3.63) is 42.0 Å². The van der Waals surface area contributed by atoms with Gasteiger partial charge in [0.2, 0.25) is 0 Å². The first-order valence-corrected chi connectivity index (χ1v) is 10.7. The molecule has 2 aliphatic heterocycles. The molecule has 1 aromatic carbocycles. The standard InChI is InChI=1S/C21H30N2O3.C2H6/c1-3-25-21(24)23-13-10-19(11-14-23)22-12-6-8-18-7-4-5-9-20(18)17(2)26-16-15-22;1-2/h4-5,7,9,19H,2-3,6,8,10-16H2,1H3;1-2H3. The maximum absolute atomic E-state index is 11.9. The number of aryl methyl sites for hydroxylation is 1. The van der Waals surface area contributed by atoms with Gasteiger partial charge in [-0.2, -0.15) is 0 Å². The number of benzene rings is 1. The molecular weight excluding hydrogens is 352 g/mol. The number of carbonyl (C=O) groups excluding carboxylic acids is 1. The Morgan fingerprint density at radius 3 is 2.61 bits per heavy atom. The van der Waals surface area contributed by atoms with Gasteiger partial charge in [-0.3, -0.25) is 4.90 Å². The van der Waals surface area contributed by atoms with Crippen LogP contribution in [0.2, 0.25) is 0 Å². The molecule has 1 amide bonds. The lowest BCUT2D eigenvalue weighted by Crippen LogP contribution is -2.48. The van der Waals surface area contributed by atoms with Crippen LogP contribution in [0.15, 0.2) is 30.8 Å². The number of ether oxygens (including phenoxy) is 2. The molecule has 1 fully saturated rings. The lowest BCUT2D eigenvalue weighted by atomic mass is 9.99. The van der Waals surface area contributed by atoms with Gasteiger partial charge in [0.25, 0.3) is 0 Å². The average molecular weight is 389 g/mol. The molecule has 0 atom stereocenters. The molecule has 0 aliphatic carbocycles. The highest BCUT2D eigenvalue weighted by Gasteiger charge is 2.27. The molecule has 0 saturated carbocycles. The van der Waals surface area contributed by atoms with Crippen molar-refractivity contribution in [3.63, 3.8) is 0 Å². The van der Waals surface area contributed by atoms with Crippen molar-refractivity contribution in [1.29, 1.82) is 0 Å². The number of piperidine rings is 1. The molecule has 5 nitrogen and oxygen atoms in total. The van der Waals surface area contributed by atoms with Gasteiger partial charge in [0, 0.05) is 31.2 Å². The molecule has 0 radical (unpaired) electrons. The van der Waals surface area contributed by atoms with Crippen LogP contribution in [0, 0.1) is 0 Å². The maximum Gasteiger partial charge on any atom is 0.409 e. The van der Waals surface area contributed by atoms with Crippen LogP contribution in [0.4, 0.5) is 4.79 Å². The van der Waals surface area contributed by atoms with E-state index >= 15 is 0 Å². The van der Waals surface area contributed by atoms with Gasteiger partial charge in [-0.05, 0) is 44.7 Å². The number of hydrogen-bond acceptors (Lipinski definition) is 4. The third-order valence-corrected chi connectivity index (χ3v) is 5.37. The van der Waals surface area contributed by atoms with Crippen molar-refractivity contribution in [2.45, 2.75) is 52.5 Å². The fourth-order valence-corrected chi connectivity index (χ4v) is 3.95. The molecule has 2 heterocycles. The summed E-state index contributed by atoms with van der Waals surface area (Å²) in [4.78, 5) is 16.2. The van der Waals surface area contributed by atoms with Crippen molar-refractivity contribution in [1.82, 2.24) is 9.80 Å². The summed E-state index contributed by atoms with van der Waals surface area (Å²) in [7, 11) is 0. The Hall–Kier alpha value is -2.01. The Balaban J connectivity index is 0.00000136. The summed E-state index contributed by atoms with van der Waals surface area (Å²) in [5, 5.41) is 0. The lowest BCUT2D eigenvalue weighted by molar-refractivity contribution is 0.0675. The predicted molar refractivity (Wildman–Crippen MR) is 114 cm³/mol. The average Bonchev–Trinajstić information content (AvgIpc) is 2.74. The molecule has 0 aromatic heterocycles. The summed E-state index contributed by atoms with van der Waals surface area (Å²) >= 11 is 0. The number of rotatable bonds is 2. The lowest BCUT2D eigenvalue weighted by Gasteiger charge is -2.38. The van der Waals surface area contributed by atoms with Crippen molar-refractivity contribution in [2.24, 2.45) is 0 Å². The molecule has 1 saturated heterocycles. The summed E-state index contributed by atoms with van der Waals surface area (Å²) in [6, 6.07) is 8.91. The van der Waals surface area contributed by atoms with Crippen LogP contribution < -0.4 is 0 Å². The fourth-order valence-electron chi connectivity index (χ4n) is 3.95. The predicted octanol–water partition coefficient (Wildman–Crippen LogP) is 4.57. The Kier molecular flexibility index (Phi) is 9.35. The second-order valence-electron chi connectivity index (χ2n) is 6.99. The number of nitrogens with zero attached hydrogens (tertiary/aromatic N) is 2. The van der Waals surface area contributed by atoms with Crippen LogP contribution in [0.25, 0.3) is 5.76 Å². The van der Waals surface area contributed by atoms with E-state index in [-0.39, 0.29) is 6.09 Å². The fraction of sp³-hybridized carbons (Fsp3) is 0.609. The molecule has 5 heteroatoms. The largest absolute Gasteiger partial charge is 0.492 e. The summed E-state index contributed by atoms with van der Waals surface area (Å²) in [5.74, 6) is 0.777. The number of hydrogen-bond donors (Lipinski definition) is 0. The molecular formula is C23H36N2O3. The molecule has 0 spiro atoms. The van der Waals surface area contributed by atoms with Crippen LogP contribution in [0.1, 0.15) is 51.2 Å². The van der Waals surface area contributed by atoms with Crippen molar-refractivity contribution >= 4 is 11.9 Å². The molecule has 0 bridgehead atoms. The highest BCUT2D eigenvalue weighted by Crippen LogP contribution is 2.23. The first-order chi connectivity index (χ1) is 13.7. The SMILES string of the molecule is C=C1OCCN(C2CCN(C(=O)OCC)CC2)CCCc2ccccc21.CC. The second kappa shape index (κ2) is 11.7. The van der Waals surface area contributed by atoms with Crippen molar-refractivity contribution in [2.75, 3.05) is 39.4 Å². The van der Waals surface area contributed by atoms with Gasteiger partial charge in [0.05, 0.1) is 6.61 Å². The van der Waals surface area contributed by atoms with Gasteiger partial charge in [-0.25, -0.2) is 4.79 Å². The van der Waals surface area contributed by atoms with Gasteiger partial charge < -0.3 is 14.4 Å². The smallest absolute Gasteiger partial charge is 0.409 e.